The minimum atomic E-state index is -4.54. The van der Waals surface area contributed by atoms with Crippen LogP contribution in [0.5, 0.6) is 0 Å². The lowest BCUT2D eigenvalue weighted by atomic mass is 10.0. The molecule has 0 aromatic carbocycles. The molecule has 3 rings (SSSR count). The van der Waals surface area contributed by atoms with Crippen LogP contribution in [-0.2, 0) is 6.18 Å². The second-order valence-electron chi connectivity index (χ2n) is 7.52. The van der Waals surface area contributed by atoms with Crippen LogP contribution in [0.25, 0.3) is 0 Å². The lowest BCUT2D eigenvalue weighted by Crippen LogP contribution is -2.50. The summed E-state index contributed by atoms with van der Waals surface area (Å²) in [4.78, 5) is 14.8. The predicted octanol–water partition coefficient (Wildman–Crippen LogP) is 4.02. The van der Waals surface area contributed by atoms with Crippen molar-refractivity contribution in [3.63, 3.8) is 0 Å². The SMILES string of the molecule is CN=C(c1cccnc1C)c1nc(N2CCNC(C=C(C)C)C2)ccc1C(F)(F)F. The topological polar surface area (TPSA) is 53.4 Å². The van der Waals surface area contributed by atoms with Crippen LogP contribution in [-0.4, -0.2) is 48.4 Å². The van der Waals surface area contributed by atoms with Crippen molar-refractivity contribution < 1.29 is 13.2 Å². The minimum Gasteiger partial charge on any atom is -0.353 e. The van der Waals surface area contributed by atoms with E-state index >= 15 is 0 Å². The first-order chi connectivity index (χ1) is 14.2. The predicted molar refractivity (Wildman–Crippen MR) is 113 cm³/mol. The van der Waals surface area contributed by atoms with E-state index in [0.717, 1.165) is 12.6 Å². The number of aliphatic imine (C=N–C) groups is 1. The lowest BCUT2D eigenvalue weighted by Gasteiger charge is -2.34. The summed E-state index contributed by atoms with van der Waals surface area (Å²) < 4.78 is 41.4. The van der Waals surface area contributed by atoms with Crippen LogP contribution in [0.3, 0.4) is 0 Å². The number of nitrogens with one attached hydrogen (secondary N) is 1. The Hall–Kier alpha value is -2.74. The Kier molecular flexibility index (Phi) is 6.55. The molecule has 0 saturated carbocycles. The third-order valence-corrected chi connectivity index (χ3v) is 4.96. The van der Waals surface area contributed by atoms with Crippen molar-refractivity contribution in [1.29, 1.82) is 0 Å². The fourth-order valence-corrected chi connectivity index (χ4v) is 3.62. The van der Waals surface area contributed by atoms with Gasteiger partial charge in [0, 0.05) is 50.2 Å². The molecule has 1 aliphatic heterocycles. The summed E-state index contributed by atoms with van der Waals surface area (Å²) in [5.41, 5.74) is 1.54. The number of rotatable bonds is 4. The van der Waals surface area contributed by atoms with E-state index in [2.05, 4.69) is 26.4 Å². The largest absolute Gasteiger partial charge is 0.418 e. The van der Waals surface area contributed by atoms with Gasteiger partial charge in [0.15, 0.2) is 0 Å². The van der Waals surface area contributed by atoms with Crippen LogP contribution in [0.4, 0.5) is 19.0 Å². The number of aromatic nitrogens is 2. The molecule has 1 fully saturated rings. The molecular weight excluding hydrogens is 391 g/mol. The molecule has 160 valence electrons. The van der Waals surface area contributed by atoms with Gasteiger partial charge < -0.3 is 10.2 Å². The van der Waals surface area contributed by atoms with E-state index in [0.29, 0.717) is 30.2 Å². The van der Waals surface area contributed by atoms with E-state index < -0.39 is 11.7 Å². The van der Waals surface area contributed by atoms with Gasteiger partial charge in [-0.05, 0) is 45.0 Å². The molecule has 8 heteroatoms. The minimum absolute atomic E-state index is 0.121. The number of aryl methyl sites for hydroxylation is 1. The van der Waals surface area contributed by atoms with E-state index in [1.54, 1.807) is 25.3 Å². The lowest BCUT2D eigenvalue weighted by molar-refractivity contribution is -0.137. The van der Waals surface area contributed by atoms with Crippen molar-refractivity contribution in [2.24, 2.45) is 4.99 Å². The number of hydrogen-bond donors (Lipinski definition) is 1. The van der Waals surface area contributed by atoms with Crippen LogP contribution >= 0.6 is 0 Å². The van der Waals surface area contributed by atoms with E-state index in [1.807, 2.05) is 18.7 Å². The van der Waals surface area contributed by atoms with E-state index in [4.69, 9.17) is 0 Å². The van der Waals surface area contributed by atoms with Gasteiger partial charge in [-0.1, -0.05) is 11.6 Å². The smallest absolute Gasteiger partial charge is 0.353 e. The van der Waals surface area contributed by atoms with Gasteiger partial charge in [0.05, 0.1) is 11.3 Å². The highest BCUT2D eigenvalue weighted by atomic mass is 19.4. The number of halogens is 3. The molecule has 1 unspecified atom stereocenters. The van der Waals surface area contributed by atoms with Crippen LogP contribution in [0.15, 0.2) is 47.1 Å². The zero-order valence-electron chi connectivity index (χ0n) is 17.6. The van der Waals surface area contributed by atoms with E-state index in [1.165, 1.54) is 18.7 Å². The average Bonchev–Trinajstić information content (AvgIpc) is 2.69. The summed E-state index contributed by atoms with van der Waals surface area (Å²) in [5, 5.41) is 3.41. The quantitative estimate of drug-likeness (QED) is 0.603. The molecule has 1 atom stereocenters. The van der Waals surface area contributed by atoms with Gasteiger partial charge in [-0.25, -0.2) is 4.98 Å². The second-order valence-corrected chi connectivity index (χ2v) is 7.52. The second kappa shape index (κ2) is 8.95. The first-order valence-electron chi connectivity index (χ1n) is 9.81. The molecule has 0 aliphatic carbocycles. The number of allylic oxidation sites excluding steroid dienone is 1. The fraction of sp³-hybridized carbons (Fsp3) is 0.409. The molecule has 2 aromatic rings. The summed E-state index contributed by atoms with van der Waals surface area (Å²) in [6, 6.07) is 6.07. The fourth-order valence-electron chi connectivity index (χ4n) is 3.62. The maximum atomic E-state index is 13.8. The van der Waals surface area contributed by atoms with Gasteiger partial charge in [-0.2, -0.15) is 13.2 Å². The number of hydrogen-bond acceptors (Lipinski definition) is 5. The normalized spacial score (nSPS) is 17.8. The molecule has 0 bridgehead atoms. The number of anilines is 1. The van der Waals surface area contributed by atoms with Crippen molar-refractivity contribution >= 4 is 11.5 Å². The average molecular weight is 417 g/mol. The highest BCUT2D eigenvalue weighted by molar-refractivity contribution is 6.13. The Bertz CT molecular complexity index is 961. The summed E-state index contributed by atoms with van der Waals surface area (Å²) >= 11 is 0. The summed E-state index contributed by atoms with van der Waals surface area (Å²) in [6.07, 6.45) is -0.819. The van der Waals surface area contributed by atoms with Gasteiger partial charge in [0.2, 0.25) is 0 Å². The van der Waals surface area contributed by atoms with Crippen molar-refractivity contribution in [3.8, 4) is 0 Å². The van der Waals surface area contributed by atoms with Crippen LogP contribution in [0.2, 0.25) is 0 Å². The maximum Gasteiger partial charge on any atom is 0.418 e. The number of piperazine rings is 1. The van der Waals surface area contributed by atoms with Crippen molar-refractivity contribution in [1.82, 2.24) is 15.3 Å². The number of alkyl halides is 3. The van der Waals surface area contributed by atoms with Crippen molar-refractivity contribution in [3.05, 3.63) is 64.6 Å². The molecule has 1 saturated heterocycles. The van der Waals surface area contributed by atoms with Gasteiger partial charge in [0.25, 0.3) is 0 Å². The van der Waals surface area contributed by atoms with Crippen LogP contribution in [0, 0.1) is 6.92 Å². The Labute approximate surface area is 174 Å². The van der Waals surface area contributed by atoms with E-state index in [9.17, 15) is 13.2 Å². The first kappa shape index (κ1) is 22.0. The Morgan fingerprint density at radius 2 is 2.03 bits per heavy atom. The molecule has 1 aliphatic rings. The number of nitrogens with zero attached hydrogens (tertiary/aromatic N) is 4. The zero-order valence-corrected chi connectivity index (χ0v) is 17.6. The van der Waals surface area contributed by atoms with Gasteiger partial charge in [0.1, 0.15) is 11.5 Å². The van der Waals surface area contributed by atoms with E-state index in [-0.39, 0.29) is 17.4 Å². The molecule has 0 spiro atoms. The highest BCUT2D eigenvalue weighted by Gasteiger charge is 2.36. The third kappa shape index (κ3) is 4.87. The summed E-state index contributed by atoms with van der Waals surface area (Å²) in [5.74, 6) is 0.509. The standard InChI is InChI=1S/C22H26F3N5/c1-14(2)12-16-13-30(11-10-28-16)19-8-7-18(22(23,24)25)21(29-19)20(26-4)17-6-5-9-27-15(17)3/h5-9,12,16,28H,10-11,13H2,1-4H3. The van der Waals surface area contributed by atoms with Gasteiger partial charge in [-0.15, -0.1) is 0 Å². The number of pyridine rings is 2. The van der Waals surface area contributed by atoms with Crippen molar-refractivity contribution in [2.75, 3.05) is 31.6 Å². The zero-order chi connectivity index (χ0) is 21.9. The summed E-state index contributed by atoms with van der Waals surface area (Å²) in [6.45, 7) is 7.81. The highest BCUT2D eigenvalue weighted by Crippen LogP contribution is 2.34. The van der Waals surface area contributed by atoms with Gasteiger partial charge >= 0.3 is 6.18 Å². The Morgan fingerprint density at radius 1 is 1.27 bits per heavy atom. The first-order valence-corrected chi connectivity index (χ1v) is 9.81. The summed E-state index contributed by atoms with van der Waals surface area (Å²) in [7, 11) is 1.48. The Morgan fingerprint density at radius 3 is 2.67 bits per heavy atom. The molecule has 0 radical (unpaired) electrons. The van der Waals surface area contributed by atoms with Gasteiger partial charge in [-0.3, -0.25) is 9.98 Å². The van der Waals surface area contributed by atoms with Crippen LogP contribution in [0.1, 0.15) is 36.4 Å². The van der Waals surface area contributed by atoms with Crippen molar-refractivity contribution in [2.45, 2.75) is 33.0 Å². The molecule has 2 aromatic heterocycles. The molecule has 30 heavy (non-hydrogen) atoms. The molecule has 0 amide bonds. The monoisotopic (exact) mass is 417 g/mol. The van der Waals surface area contributed by atoms with Crippen LogP contribution < -0.4 is 10.2 Å². The third-order valence-electron chi connectivity index (χ3n) is 4.96. The molecular formula is C22H26F3N5. The Balaban J connectivity index is 2.07. The molecule has 5 nitrogen and oxygen atoms in total. The molecule has 3 heterocycles. The molecule has 1 N–H and O–H groups in total. The maximum absolute atomic E-state index is 13.8.